The molecule has 0 aliphatic heterocycles. The van der Waals surface area contributed by atoms with Gasteiger partial charge in [0, 0.05) is 17.6 Å². The molecule has 7 heteroatoms. The van der Waals surface area contributed by atoms with Crippen LogP contribution in [-0.2, 0) is 11.4 Å². The van der Waals surface area contributed by atoms with Gasteiger partial charge in [-0.15, -0.1) is 0 Å². The number of nitrogens with zero attached hydrogens (tertiary/aromatic N) is 1. The molecule has 2 aromatic carbocycles. The fraction of sp³-hybridized carbons (Fsp3) is 0.278. The van der Waals surface area contributed by atoms with Gasteiger partial charge >= 0.3 is 0 Å². The lowest BCUT2D eigenvalue weighted by molar-refractivity contribution is -0.109. The molecule has 134 valence electrons. The molecule has 1 aliphatic rings. The highest BCUT2D eigenvalue weighted by molar-refractivity contribution is 6.31. The summed E-state index contributed by atoms with van der Waals surface area (Å²) in [6.45, 7) is 0.449. The summed E-state index contributed by atoms with van der Waals surface area (Å²) in [4.78, 5) is 8.94. The molecule has 25 heavy (non-hydrogen) atoms. The van der Waals surface area contributed by atoms with E-state index >= 15 is 0 Å². The highest BCUT2D eigenvalue weighted by Crippen LogP contribution is 2.47. The maximum absolute atomic E-state index is 8.94. The number of carbonyl (C=O) groups excluding carboxylic acids is 1. The molecule has 0 bridgehead atoms. The Bertz CT molecular complexity index is 685. The fourth-order valence-corrected chi connectivity index (χ4v) is 2.65. The summed E-state index contributed by atoms with van der Waals surface area (Å²) in [5.74, 6) is 11.8. The van der Waals surface area contributed by atoms with Crippen LogP contribution in [0.4, 0.5) is 5.69 Å². The molecule has 1 amide bonds. The summed E-state index contributed by atoms with van der Waals surface area (Å²) in [7, 11) is 1.83. The van der Waals surface area contributed by atoms with Crippen molar-refractivity contribution in [2.24, 2.45) is 11.7 Å². The zero-order valence-electron chi connectivity index (χ0n) is 14.1. The molecule has 1 fully saturated rings. The number of amides is 1. The number of para-hydroxylation sites is 1. The molecule has 6 nitrogen and oxygen atoms in total. The van der Waals surface area contributed by atoms with E-state index in [2.05, 4.69) is 11.9 Å². The number of nitrogens with one attached hydrogen (secondary N) is 1. The van der Waals surface area contributed by atoms with E-state index in [1.165, 1.54) is 18.4 Å². The van der Waals surface area contributed by atoms with Gasteiger partial charge in [-0.2, -0.15) is 0 Å². The molecule has 0 unspecified atom stereocenters. The Morgan fingerprint density at radius 2 is 1.96 bits per heavy atom. The van der Waals surface area contributed by atoms with Crippen molar-refractivity contribution in [3.8, 4) is 5.75 Å². The summed E-state index contributed by atoms with van der Waals surface area (Å²) < 4.78 is 6.09. The Labute approximate surface area is 152 Å². The van der Waals surface area contributed by atoms with Gasteiger partial charge in [0.1, 0.15) is 12.4 Å². The van der Waals surface area contributed by atoms with E-state index in [0.29, 0.717) is 18.9 Å². The minimum atomic E-state index is 0.403. The van der Waals surface area contributed by atoms with E-state index in [9.17, 15) is 0 Å². The summed E-state index contributed by atoms with van der Waals surface area (Å²) in [6.07, 6.45) is 2.85. The Balaban J connectivity index is 0.000000511. The van der Waals surface area contributed by atoms with Crippen molar-refractivity contribution in [2.45, 2.75) is 25.4 Å². The number of hydrogen-bond acceptors (Lipinski definition) is 5. The van der Waals surface area contributed by atoms with Gasteiger partial charge in [-0.3, -0.25) is 10.2 Å². The lowest BCUT2D eigenvalue weighted by atomic mass is 10.1. The van der Waals surface area contributed by atoms with Gasteiger partial charge in [-0.25, -0.2) is 11.7 Å². The first-order chi connectivity index (χ1) is 12.1. The standard InChI is InChI=1S/C17H19ClN2O.CH4N2O/c1-20(19)16-8-4-6-14(12-9-10-12)17(16)21-11-13-5-2-3-7-15(13)18;2-3-1-4/h2-8,12H,9-11,19H2,1H3;1H,2H2,(H,3,4). The van der Waals surface area contributed by atoms with Crippen LogP contribution in [0.15, 0.2) is 42.5 Å². The average molecular weight is 363 g/mol. The molecule has 0 atom stereocenters. The van der Waals surface area contributed by atoms with Crippen LogP contribution in [0.1, 0.15) is 29.9 Å². The molecule has 0 saturated heterocycles. The Hall–Kier alpha value is -2.28. The Morgan fingerprint density at radius 1 is 1.28 bits per heavy atom. The van der Waals surface area contributed by atoms with Crippen LogP contribution in [0.2, 0.25) is 5.02 Å². The summed E-state index contributed by atoms with van der Waals surface area (Å²) >= 11 is 6.19. The second kappa shape index (κ2) is 9.27. The van der Waals surface area contributed by atoms with Crippen LogP contribution in [0, 0.1) is 0 Å². The molecule has 0 radical (unpaired) electrons. The van der Waals surface area contributed by atoms with Crippen molar-refractivity contribution < 1.29 is 9.53 Å². The first kappa shape index (κ1) is 19.1. The van der Waals surface area contributed by atoms with Crippen molar-refractivity contribution in [1.29, 1.82) is 0 Å². The fourth-order valence-electron chi connectivity index (χ4n) is 2.46. The zero-order chi connectivity index (χ0) is 18.2. The van der Waals surface area contributed by atoms with Crippen molar-refractivity contribution in [3.05, 3.63) is 58.6 Å². The Morgan fingerprint density at radius 3 is 2.52 bits per heavy atom. The highest BCUT2D eigenvalue weighted by Gasteiger charge is 2.28. The molecule has 2 aromatic rings. The van der Waals surface area contributed by atoms with Gasteiger partial charge in [0.2, 0.25) is 6.41 Å². The quantitative estimate of drug-likeness (QED) is 0.318. The molecular formula is C18H23ClN4O2. The van der Waals surface area contributed by atoms with Crippen molar-refractivity contribution in [1.82, 2.24) is 5.43 Å². The molecule has 0 aromatic heterocycles. The molecule has 1 saturated carbocycles. The van der Waals surface area contributed by atoms with E-state index < -0.39 is 0 Å². The largest absolute Gasteiger partial charge is 0.486 e. The maximum atomic E-state index is 8.94. The van der Waals surface area contributed by atoms with Crippen LogP contribution in [-0.4, -0.2) is 13.5 Å². The lowest BCUT2D eigenvalue weighted by Gasteiger charge is -2.20. The van der Waals surface area contributed by atoms with E-state index in [-0.39, 0.29) is 0 Å². The minimum absolute atomic E-state index is 0.403. The maximum Gasteiger partial charge on any atom is 0.221 e. The SMILES string of the molecule is CN(N)c1cccc(C2CC2)c1OCc1ccccc1Cl.NNC=O. The number of hydrogen-bond donors (Lipinski definition) is 3. The van der Waals surface area contributed by atoms with Gasteiger partial charge in [0.15, 0.2) is 0 Å². The highest BCUT2D eigenvalue weighted by atomic mass is 35.5. The first-order valence-electron chi connectivity index (χ1n) is 7.95. The van der Waals surface area contributed by atoms with E-state index in [1.807, 2.05) is 43.4 Å². The monoisotopic (exact) mass is 362 g/mol. The lowest BCUT2D eigenvalue weighted by Crippen LogP contribution is -2.26. The number of benzene rings is 2. The first-order valence-corrected chi connectivity index (χ1v) is 8.33. The van der Waals surface area contributed by atoms with Gasteiger partial charge in [0.05, 0.1) is 5.69 Å². The predicted molar refractivity (Wildman–Crippen MR) is 100 cm³/mol. The van der Waals surface area contributed by atoms with Gasteiger partial charge < -0.3 is 9.75 Å². The van der Waals surface area contributed by atoms with Gasteiger partial charge in [-0.1, -0.05) is 41.9 Å². The molecule has 5 N–H and O–H groups in total. The predicted octanol–water partition coefficient (Wildman–Crippen LogP) is 2.71. The number of nitrogens with two attached hydrogens (primary N) is 2. The molecule has 0 spiro atoms. The average Bonchev–Trinajstić information content (AvgIpc) is 3.46. The third-order valence-corrected chi connectivity index (χ3v) is 4.19. The normalized spacial score (nSPS) is 12.6. The number of rotatable bonds is 6. The van der Waals surface area contributed by atoms with Gasteiger partial charge in [-0.05, 0) is 36.5 Å². The topological polar surface area (TPSA) is 93.6 Å². The van der Waals surface area contributed by atoms with Crippen LogP contribution < -0.4 is 26.9 Å². The van der Waals surface area contributed by atoms with Crippen LogP contribution in [0.25, 0.3) is 0 Å². The van der Waals surface area contributed by atoms with Crippen molar-refractivity contribution >= 4 is 23.7 Å². The van der Waals surface area contributed by atoms with Crippen LogP contribution in [0.5, 0.6) is 5.75 Å². The summed E-state index contributed by atoms with van der Waals surface area (Å²) in [5, 5.41) is 2.33. The van der Waals surface area contributed by atoms with E-state index in [1.54, 1.807) is 10.4 Å². The van der Waals surface area contributed by atoms with E-state index in [0.717, 1.165) is 22.0 Å². The number of halogens is 1. The second-order valence-corrected chi connectivity index (χ2v) is 6.15. The van der Waals surface area contributed by atoms with Crippen LogP contribution >= 0.6 is 11.6 Å². The number of ether oxygens (including phenoxy) is 1. The third kappa shape index (κ3) is 5.35. The number of anilines is 1. The van der Waals surface area contributed by atoms with Crippen molar-refractivity contribution in [3.63, 3.8) is 0 Å². The van der Waals surface area contributed by atoms with E-state index in [4.69, 9.17) is 27.0 Å². The molecule has 0 heterocycles. The Kier molecular flexibility index (Phi) is 7.06. The molecule has 3 rings (SSSR count). The number of hydrazine groups is 2. The number of carbonyl (C=O) groups is 1. The second-order valence-electron chi connectivity index (χ2n) is 5.75. The summed E-state index contributed by atoms with van der Waals surface area (Å²) in [6, 6.07) is 13.9. The minimum Gasteiger partial charge on any atom is -0.486 e. The smallest absolute Gasteiger partial charge is 0.221 e. The molecule has 1 aliphatic carbocycles. The van der Waals surface area contributed by atoms with Crippen LogP contribution in [0.3, 0.4) is 0 Å². The zero-order valence-corrected chi connectivity index (χ0v) is 14.9. The summed E-state index contributed by atoms with van der Waals surface area (Å²) in [5.41, 5.74) is 4.89. The van der Waals surface area contributed by atoms with Crippen molar-refractivity contribution in [2.75, 3.05) is 12.1 Å². The molecular weight excluding hydrogens is 340 g/mol. The van der Waals surface area contributed by atoms with Gasteiger partial charge in [0.25, 0.3) is 0 Å². The third-order valence-electron chi connectivity index (χ3n) is 3.82.